The van der Waals surface area contributed by atoms with E-state index in [0.29, 0.717) is 47.6 Å². The van der Waals surface area contributed by atoms with Gasteiger partial charge in [0.25, 0.3) is 5.56 Å². The van der Waals surface area contributed by atoms with Gasteiger partial charge in [0.1, 0.15) is 5.82 Å². The van der Waals surface area contributed by atoms with Crippen LogP contribution in [0.15, 0.2) is 17.1 Å². The van der Waals surface area contributed by atoms with Crippen molar-refractivity contribution < 1.29 is 19.3 Å². The zero-order valence-corrected chi connectivity index (χ0v) is 16.2. The van der Waals surface area contributed by atoms with Crippen molar-refractivity contribution in [3.05, 3.63) is 22.6 Å². The van der Waals surface area contributed by atoms with E-state index in [0.717, 1.165) is 23.9 Å². The summed E-state index contributed by atoms with van der Waals surface area (Å²) in [5.74, 6) is 0.842. The Hall–Kier alpha value is -2.09. The Morgan fingerprint density at radius 2 is 2.07 bits per heavy atom. The van der Waals surface area contributed by atoms with Crippen molar-refractivity contribution in [2.24, 2.45) is 5.92 Å². The number of pyridine rings is 1. The Balaban J connectivity index is 1.95. The number of aromatic nitrogens is 3. The van der Waals surface area contributed by atoms with E-state index < -0.39 is 19.8 Å². The lowest BCUT2D eigenvalue weighted by atomic mass is 9.94. The van der Waals surface area contributed by atoms with Gasteiger partial charge in [-0.25, -0.2) is 0 Å². The van der Waals surface area contributed by atoms with E-state index in [1.807, 2.05) is 4.90 Å². The molecule has 2 aromatic rings. The molecule has 0 aliphatic carbocycles. The minimum atomic E-state index is -1.85. The molecule has 1 aliphatic rings. The first-order valence-corrected chi connectivity index (χ1v) is 10.2. The van der Waals surface area contributed by atoms with Crippen molar-refractivity contribution in [1.82, 2.24) is 14.8 Å². The van der Waals surface area contributed by atoms with Crippen molar-refractivity contribution in [3.63, 3.8) is 0 Å². The standard InChI is InChI=1S/C17H23N4O5P/c1-11(22)21-17(23)15-13(10-18-21)9-14(26-2)19-16(15)20-6-3-12(4-7-20)5-8-27(24)25/h9-10,12,24-25H,3-8H2,1-2H3. The van der Waals surface area contributed by atoms with Crippen LogP contribution in [0, 0.1) is 5.92 Å². The molecule has 0 spiro atoms. The average molecular weight is 394 g/mol. The molecule has 3 heterocycles. The summed E-state index contributed by atoms with van der Waals surface area (Å²) < 4.78 is 6.11. The van der Waals surface area contributed by atoms with Crippen LogP contribution < -0.4 is 15.2 Å². The molecule has 0 saturated carbocycles. The molecular weight excluding hydrogens is 371 g/mol. The monoisotopic (exact) mass is 394 g/mol. The zero-order valence-electron chi connectivity index (χ0n) is 15.3. The van der Waals surface area contributed by atoms with Gasteiger partial charge in [0.05, 0.1) is 18.7 Å². The van der Waals surface area contributed by atoms with Gasteiger partial charge in [-0.1, -0.05) is 0 Å². The number of nitrogens with zero attached hydrogens (tertiary/aromatic N) is 4. The Kier molecular flexibility index (Phi) is 6.04. The van der Waals surface area contributed by atoms with Crippen molar-refractivity contribution >= 4 is 30.9 Å². The molecule has 27 heavy (non-hydrogen) atoms. The molecule has 0 amide bonds. The van der Waals surface area contributed by atoms with E-state index in [1.165, 1.54) is 20.2 Å². The number of hydrogen-bond donors (Lipinski definition) is 2. The topological polar surface area (TPSA) is 118 Å². The Morgan fingerprint density at radius 3 is 2.67 bits per heavy atom. The number of methoxy groups -OCH3 is 1. The minimum absolute atomic E-state index is 0.355. The zero-order chi connectivity index (χ0) is 19.6. The third-order valence-corrected chi connectivity index (χ3v) is 5.54. The van der Waals surface area contributed by atoms with E-state index >= 15 is 0 Å². The van der Waals surface area contributed by atoms with Gasteiger partial charge in [-0.15, -0.1) is 0 Å². The molecule has 0 unspecified atom stereocenters. The van der Waals surface area contributed by atoms with Crippen molar-refractivity contribution in [2.45, 2.75) is 26.2 Å². The Morgan fingerprint density at radius 1 is 1.37 bits per heavy atom. The van der Waals surface area contributed by atoms with Crippen LogP contribution in [0.5, 0.6) is 5.88 Å². The van der Waals surface area contributed by atoms with Gasteiger partial charge in [0.2, 0.25) is 11.8 Å². The largest absolute Gasteiger partial charge is 0.481 e. The Bertz CT molecular complexity index is 893. The number of ether oxygens (including phenoxy) is 1. The van der Waals surface area contributed by atoms with E-state index in [2.05, 4.69) is 10.1 Å². The second kappa shape index (κ2) is 8.29. The van der Waals surface area contributed by atoms with Gasteiger partial charge in [-0.05, 0) is 25.2 Å². The van der Waals surface area contributed by atoms with Gasteiger partial charge in [-0.2, -0.15) is 14.8 Å². The summed E-state index contributed by atoms with van der Waals surface area (Å²) in [4.78, 5) is 49.2. The lowest BCUT2D eigenvalue weighted by molar-refractivity contribution is 0.0915. The summed E-state index contributed by atoms with van der Waals surface area (Å²) in [5.41, 5.74) is -0.488. The highest BCUT2D eigenvalue weighted by atomic mass is 31.2. The summed E-state index contributed by atoms with van der Waals surface area (Å²) in [6, 6.07) is 1.63. The summed E-state index contributed by atoms with van der Waals surface area (Å²) in [7, 11) is -0.340. The highest BCUT2D eigenvalue weighted by Crippen LogP contribution is 2.32. The Labute approximate surface area is 157 Å². The molecule has 9 nitrogen and oxygen atoms in total. The van der Waals surface area contributed by atoms with Crippen LogP contribution in [-0.4, -0.2) is 56.8 Å². The SMILES string of the molecule is COc1cc2cnn(C(C)=O)c(=O)c2c(N2CCC(CCP(O)O)CC2)n1. The fraction of sp³-hybridized carbons (Fsp3) is 0.529. The molecule has 1 aliphatic heterocycles. The maximum Gasteiger partial charge on any atom is 0.285 e. The fourth-order valence-corrected chi connectivity index (χ4v) is 4.01. The van der Waals surface area contributed by atoms with Gasteiger partial charge < -0.3 is 19.4 Å². The normalized spacial score (nSPS) is 15.5. The molecule has 0 aromatic carbocycles. The summed E-state index contributed by atoms with van der Waals surface area (Å²) >= 11 is 0. The smallest absolute Gasteiger partial charge is 0.285 e. The van der Waals surface area contributed by atoms with E-state index in [4.69, 9.17) is 14.5 Å². The predicted molar refractivity (Wildman–Crippen MR) is 102 cm³/mol. The molecule has 1 saturated heterocycles. The third-order valence-electron chi connectivity index (χ3n) is 4.88. The van der Waals surface area contributed by atoms with Gasteiger partial charge in [0.15, 0.2) is 8.38 Å². The first kappa shape index (κ1) is 19.7. The van der Waals surface area contributed by atoms with E-state index in [9.17, 15) is 9.59 Å². The summed E-state index contributed by atoms with van der Waals surface area (Å²) in [6.07, 6.45) is 4.42. The fourth-order valence-electron chi connectivity index (χ4n) is 3.42. The molecule has 2 N–H and O–H groups in total. The van der Waals surface area contributed by atoms with Gasteiger partial charge in [-0.3, -0.25) is 9.59 Å². The molecule has 146 valence electrons. The second-order valence-corrected chi connectivity index (χ2v) is 7.84. The predicted octanol–water partition coefficient (Wildman–Crippen LogP) is 1.36. The van der Waals surface area contributed by atoms with Crippen LogP contribution in [0.3, 0.4) is 0 Å². The van der Waals surface area contributed by atoms with Crippen LogP contribution in [-0.2, 0) is 0 Å². The quantitative estimate of drug-likeness (QED) is 0.730. The lowest BCUT2D eigenvalue weighted by Gasteiger charge is -2.33. The summed E-state index contributed by atoms with van der Waals surface area (Å²) in [6.45, 7) is 2.67. The second-order valence-electron chi connectivity index (χ2n) is 6.65. The van der Waals surface area contributed by atoms with Crippen molar-refractivity contribution in [3.8, 4) is 5.88 Å². The van der Waals surface area contributed by atoms with Crippen LogP contribution in [0.2, 0.25) is 0 Å². The first-order valence-electron chi connectivity index (χ1n) is 8.79. The summed E-state index contributed by atoms with van der Waals surface area (Å²) in [5, 5.41) is 4.86. The molecular formula is C17H23N4O5P. The first-order chi connectivity index (χ1) is 12.9. The molecule has 2 aromatic heterocycles. The van der Waals surface area contributed by atoms with Crippen LogP contribution >= 0.6 is 8.38 Å². The molecule has 0 bridgehead atoms. The number of hydrogen-bond acceptors (Lipinski definition) is 8. The van der Waals surface area contributed by atoms with E-state index in [-0.39, 0.29) is 0 Å². The van der Waals surface area contributed by atoms with E-state index in [1.54, 1.807) is 6.07 Å². The number of anilines is 1. The molecule has 0 radical (unpaired) electrons. The maximum atomic E-state index is 12.8. The number of rotatable bonds is 5. The molecule has 10 heteroatoms. The van der Waals surface area contributed by atoms with Crippen LogP contribution in [0.25, 0.3) is 10.8 Å². The number of piperidine rings is 1. The lowest BCUT2D eigenvalue weighted by Crippen LogP contribution is -2.36. The molecule has 3 rings (SSSR count). The number of carbonyl (C=O) groups is 1. The van der Waals surface area contributed by atoms with Gasteiger partial charge in [0, 0.05) is 37.6 Å². The highest BCUT2D eigenvalue weighted by molar-refractivity contribution is 7.45. The van der Waals surface area contributed by atoms with Crippen molar-refractivity contribution in [1.29, 1.82) is 0 Å². The minimum Gasteiger partial charge on any atom is -0.481 e. The average Bonchev–Trinajstić information content (AvgIpc) is 2.65. The van der Waals surface area contributed by atoms with Crippen molar-refractivity contribution in [2.75, 3.05) is 31.3 Å². The van der Waals surface area contributed by atoms with Gasteiger partial charge >= 0.3 is 0 Å². The van der Waals surface area contributed by atoms with Crippen LogP contribution in [0.1, 0.15) is 31.0 Å². The third kappa shape index (κ3) is 4.26. The number of carbonyl (C=O) groups excluding carboxylic acids is 1. The highest BCUT2D eigenvalue weighted by Gasteiger charge is 2.24. The van der Waals surface area contributed by atoms with Crippen LogP contribution in [0.4, 0.5) is 5.82 Å². The molecule has 1 fully saturated rings. The molecule has 0 atom stereocenters. The number of fused-ring (bicyclic) bond motifs is 1. The maximum absolute atomic E-state index is 12.8.